The Morgan fingerprint density at radius 1 is 0.958 bits per heavy atom. The van der Waals surface area contributed by atoms with E-state index in [0.717, 1.165) is 5.56 Å². The third-order valence-electron chi connectivity index (χ3n) is 3.42. The van der Waals surface area contributed by atoms with Gasteiger partial charge in [0.1, 0.15) is 5.57 Å². The van der Waals surface area contributed by atoms with Crippen molar-refractivity contribution in [3.63, 3.8) is 0 Å². The Balaban J connectivity index is 1.81. The Morgan fingerprint density at radius 2 is 1.67 bits per heavy atom. The minimum absolute atomic E-state index is 0.0493. The van der Waals surface area contributed by atoms with Crippen molar-refractivity contribution in [1.29, 1.82) is 0 Å². The van der Waals surface area contributed by atoms with Gasteiger partial charge in [-0.1, -0.05) is 53.6 Å². The second-order valence-electron chi connectivity index (χ2n) is 5.02. The summed E-state index contributed by atoms with van der Waals surface area (Å²) in [6.45, 7) is 0. The summed E-state index contributed by atoms with van der Waals surface area (Å²) in [7, 11) is 0. The molecule has 1 aliphatic rings. The monoisotopic (exact) mass is 358 g/mol. The molecule has 4 nitrogen and oxygen atoms in total. The summed E-state index contributed by atoms with van der Waals surface area (Å²) >= 11 is 11.9. The van der Waals surface area contributed by atoms with Crippen molar-refractivity contribution < 1.29 is 9.59 Å². The molecule has 120 valence electrons. The molecule has 1 saturated heterocycles. The molecule has 24 heavy (non-hydrogen) atoms. The molecule has 1 N–H and O–H groups in total. The molecule has 1 aliphatic heterocycles. The molecule has 0 aliphatic carbocycles. The van der Waals surface area contributed by atoms with Gasteiger partial charge in [-0.3, -0.25) is 15.0 Å². The van der Waals surface area contributed by atoms with Crippen molar-refractivity contribution in [2.24, 2.45) is 0 Å². The molecule has 2 aromatic carbocycles. The van der Waals surface area contributed by atoms with Gasteiger partial charge in [-0.25, -0.2) is 5.01 Å². The van der Waals surface area contributed by atoms with Crippen molar-refractivity contribution in [2.45, 2.75) is 0 Å². The predicted molar refractivity (Wildman–Crippen MR) is 95.6 cm³/mol. The molecule has 3 rings (SSSR count). The lowest BCUT2D eigenvalue weighted by molar-refractivity contribution is -0.117. The highest BCUT2D eigenvalue weighted by Crippen LogP contribution is 2.22. The van der Waals surface area contributed by atoms with Crippen LogP contribution in [0.2, 0.25) is 10.0 Å². The van der Waals surface area contributed by atoms with Gasteiger partial charge in [-0.15, -0.1) is 0 Å². The molecule has 2 amide bonds. The third kappa shape index (κ3) is 3.35. The van der Waals surface area contributed by atoms with Crippen LogP contribution in [0.3, 0.4) is 0 Å². The van der Waals surface area contributed by atoms with Crippen molar-refractivity contribution in [1.82, 2.24) is 5.43 Å². The number of hydrazine groups is 1. The van der Waals surface area contributed by atoms with Crippen LogP contribution in [0.4, 0.5) is 5.69 Å². The van der Waals surface area contributed by atoms with Crippen LogP contribution in [0.1, 0.15) is 5.56 Å². The number of carbonyl (C=O) groups is 2. The van der Waals surface area contributed by atoms with E-state index in [0.29, 0.717) is 15.7 Å². The zero-order valence-corrected chi connectivity index (χ0v) is 13.9. The number of rotatable bonds is 3. The van der Waals surface area contributed by atoms with E-state index in [1.54, 1.807) is 42.5 Å². The largest absolute Gasteiger partial charge is 0.282 e. The lowest BCUT2D eigenvalue weighted by Gasteiger charge is -2.14. The lowest BCUT2D eigenvalue weighted by atomic mass is 10.2. The van der Waals surface area contributed by atoms with Crippen molar-refractivity contribution in [3.8, 4) is 0 Å². The first-order chi connectivity index (χ1) is 11.6. The first-order valence-electron chi connectivity index (χ1n) is 7.10. The Bertz CT molecular complexity index is 858. The highest BCUT2D eigenvalue weighted by molar-refractivity contribution is 6.32. The van der Waals surface area contributed by atoms with E-state index in [2.05, 4.69) is 5.43 Å². The number of amides is 2. The van der Waals surface area contributed by atoms with Crippen LogP contribution in [0.15, 0.2) is 66.3 Å². The van der Waals surface area contributed by atoms with Crippen molar-refractivity contribution in [2.75, 3.05) is 5.01 Å². The molecule has 0 unspecified atom stereocenters. The molecule has 1 fully saturated rings. The number of nitrogens with zero attached hydrogens (tertiary/aromatic N) is 1. The Kier molecular flexibility index (Phi) is 4.69. The molecule has 0 bridgehead atoms. The van der Waals surface area contributed by atoms with Gasteiger partial charge in [-0.2, -0.15) is 0 Å². The van der Waals surface area contributed by atoms with Crippen molar-refractivity contribution >= 4 is 46.8 Å². The molecule has 0 radical (unpaired) electrons. The lowest BCUT2D eigenvalue weighted by Crippen LogP contribution is -2.35. The van der Waals surface area contributed by atoms with Crippen LogP contribution in [-0.4, -0.2) is 11.8 Å². The smallest absolute Gasteiger partial charge is 0.267 e. The number of benzene rings is 2. The molecule has 0 spiro atoms. The second kappa shape index (κ2) is 6.91. The molecule has 0 atom stereocenters. The first kappa shape index (κ1) is 16.3. The SMILES string of the molecule is O=C1NN(c2ccc(Cl)cc2)C(=O)/C1=C\C=C\c1ccccc1Cl. The number of halogens is 2. The fraction of sp³-hybridized carbons (Fsp3) is 0. The second-order valence-corrected chi connectivity index (χ2v) is 5.86. The van der Waals surface area contributed by atoms with Gasteiger partial charge in [0.05, 0.1) is 5.69 Å². The normalized spacial score (nSPS) is 16.2. The van der Waals surface area contributed by atoms with Gasteiger partial charge in [0, 0.05) is 10.0 Å². The van der Waals surface area contributed by atoms with E-state index in [4.69, 9.17) is 23.2 Å². The zero-order chi connectivity index (χ0) is 17.1. The van der Waals surface area contributed by atoms with E-state index < -0.39 is 11.8 Å². The van der Waals surface area contributed by atoms with E-state index >= 15 is 0 Å². The molecule has 1 heterocycles. The maximum atomic E-state index is 12.4. The van der Waals surface area contributed by atoms with E-state index in [9.17, 15) is 9.59 Å². The summed E-state index contributed by atoms with van der Waals surface area (Å²) < 4.78 is 0. The van der Waals surface area contributed by atoms with E-state index in [1.807, 2.05) is 18.2 Å². The Morgan fingerprint density at radius 3 is 2.38 bits per heavy atom. The van der Waals surface area contributed by atoms with Gasteiger partial charge in [0.25, 0.3) is 11.8 Å². The van der Waals surface area contributed by atoms with Crippen LogP contribution in [0, 0.1) is 0 Å². The highest BCUT2D eigenvalue weighted by atomic mass is 35.5. The number of hydrogen-bond acceptors (Lipinski definition) is 2. The molecule has 6 heteroatoms. The molecular formula is C18H12Cl2N2O2. The summed E-state index contributed by atoms with van der Waals surface area (Å²) in [6, 6.07) is 13.9. The highest BCUT2D eigenvalue weighted by Gasteiger charge is 2.33. The molecule has 0 saturated carbocycles. The van der Waals surface area contributed by atoms with Crippen LogP contribution < -0.4 is 10.4 Å². The third-order valence-corrected chi connectivity index (χ3v) is 4.02. The average molecular weight is 359 g/mol. The quantitative estimate of drug-likeness (QED) is 0.665. The minimum Gasteiger partial charge on any atom is -0.267 e. The van der Waals surface area contributed by atoms with Crippen LogP contribution in [0.25, 0.3) is 6.08 Å². The maximum Gasteiger partial charge on any atom is 0.282 e. The van der Waals surface area contributed by atoms with Gasteiger partial charge >= 0.3 is 0 Å². The number of nitrogens with one attached hydrogen (secondary N) is 1. The molecule has 2 aromatic rings. The zero-order valence-electron chi connectivity index (χ0n) is 12.4. The number of allylic oxidation sites excluding steroid dienone is 2. The first-order valence-corrected chi connectivity index (χ1v) is 7.86. The Labute approximate surface area is 149 Å². The Hall–Kier alpha value is -2.56. The topological polar surface area (TPSA) is 49.4 Å². The fourth-order valence-electron chi connectivity index (χ4n) is 2.21. The van der Waals surface area contributed by atoms with Gasteiger partial charge in [0.15, 0.2) is 0 Å². The van der Waals surface area contributed by atoms with Gasteiger partial charge < -0.3 is 0 Å². The van der Waals surface area contributed by atoms with Crippen LogP contribution in [0.5, 0.6) is 0 Å². The van der Waals surface area contributed by atoms with Crippen molar-refractivity contribution in [3.05, 3.63) is 81.9 Å². The summed E-state index contributed by atoms with van der Waals surface area (Å²) in [5, 5.41) is 2.33. The molecular weight excluding hydrogens is 347 g/mol. The van der Waals surface area contributed by atoms with E-state index in [1.165, 1.54) is 11.1 Å². The molecule has 0 aromatic heterocycles. The van der Waals surface area contributed by atoms with E-state index in [-0.39, 0.29) is 5.57 Å². The summed E-state index contributed by atoms with van der Waals surface area (Å²) in [5.41, 5.74) is 3.91. The average Bonchev–Trinajstić information content (AvgIpc) is 2.85. The number of anilines is 1. The summed E-state index contributed by atoms with van der Waals surface area (Å²) in [6.07, 6.45) is 4.83. The van der Waals surface area contributed by atoms with Gasteiger partial charge in [-0.05, 0) is 42.0 Å². The fourth-order valence-corrected chi connectivity index (χ4v) is 2.53. The summed E-state index contributed by atoms with van der Waals surface area (Å²) in [5.74, 6) is -0.884. The minimum atomic E-state index is -0.459. The van der Waals surface area contributed by atoms with Gasteiger partial charge in [0.2, 0.25) is 0 Å². The summed E-state index contributed by atoms with van der Waals surface area (Å²) in [4.78, 5) is 24.4. The number of hydrogen-bond donors (Lipinski definition) is 1. The van der Waals surface area contributed by atoms with Crippen LogP contribution >= 0.6 is 23.2 Å². The maximum absolute atomic E-state index is 12.4. The van der Waals surface area contributed by atoms with Crippen LogP contribution in [-0.2, 0) is 9.59 Å². The standard InChI is InChI=1S/C18H12Cl2N2O2/c19-13-8-10-14(11-9-13)22-18(24)15(17(23)21-22)6-3-5-12-4-1-2-7-16(12)20/h1-11H,(H,21,23)/b5-3+,15-6-. The number of carbonyl (C=O) groups excluding carboxylic acids is 2. The predicted octanol–water partition coefficient (Wildman–Crippen LogP) is 4.01.